The van der Waals surface area contributed by atoms with Gasteiger partial charge in [0.05, 0.1) is 0 Å². The zero-order valence-electron chi connectivity index (χ0n) is 10.8. The standard InChI is InChI=1S/C15H22O/c1-6-8-13-9-12(7-2)10-14(11-13)16-15(3,4)5/h7,9-11H,2,6,8H2,1,3-5H3. The van der Waals surface area contributed by atoms with Crippen molar-refractivity contribution in [3.05, 3.63) is 35.9 Å². The highest BCUT2D eigenvalue weighted by molar-refractivity contribution is 5.52. The number of rotatable bonds is 4. The van der Waals surface area contributed by atoms with E-state index in [-0.39, 0.29) is 5.60 Å². The molecule has 0 aromatic heterocycles. The number of hydrogen-bond donors (Lipinski definition) is 0. The summed E-state index contributed by atoms with van der Waals surface area (Å²) < 4.78 is 5.88. The molecular formula is C15H22O. The second kappa shape index (κ2) is 5.20. The molecule has 0 unspecified atom stereocenters. The highest BCUT2D eigenvalue weighted by atomic mass is 16.5. The largest absolute Gasteiger partial charge is 0.488 e. The Hall–Kier alpha value is -1.24. The summed E-state index contributed by atoms with van der Waals surface area (Å²) in [6.07, 6.45) is 4.10. The number of ether oxygens (including phenoxy) is 1. The fourth-order valence-electron chi connectivity index (χ4n) is 1.65. The van der Waals surface area contributed by atoms with Gasteiger partial charge in [-0.3, -0.25) is 0 Å². The molecule has 0 aliphatic rings. The molecule has 1 aromatic rings. The predicted molar refractivity (Wildman–Crippen MR) is 70.9 cm³/mol. The smallest absolute Gasteiger partial charge is 0.120 e. The van der Waals surface area contributed by atoms with Crippen LogP contribution in [0.25, 0.3) is 6.08 Å². The van der Waals surface area contributed by atoms with E-state index < -0.39 is 0 Å². The minimum Gasteiger partial charge on any atom is -0.488 e. The molecule has 1 nitrogen and oxygen atoms in total. The van der Waals surface area contributed by atoms with Gasteiger partial charge in [0.25, 0.3) is 0 Å². The second-order valence-electron chi connectivity index (χ2n) is 5.08. The van der Waals surface area contributed by atoms with Crippen molar-refractivity contribution in [2.24, 2.45) is 0 Å². The van der Waals surface area contributed by atoms with Gasteiger partial charge in [0.1, 0.15) is 11.4 Å². The lowest BCUT2D eigenvalue weighted by atomic mass is 10.1. The van der Waals surface area contributed by atoms with Crippen LogP contribution in [0.2, 0.25) is 0 Å². The monoisotopic (exact) mass is 218 g/mol. The average molecular weight is 218 g/mol. The van der Waals surface area contributed by atoms with E-state index in [1.807, 2.05) is 12.1 Å². The number of aryl methyl sites for hydroxylation is 1. The quantitative estimate of drug-likeness (QED) is 0.725. The van der Waals surface area contributed by atoms with Crippen LogP contribution in [-0.2, 0) is 6.42 Å². The van der Waals surface area contributed by atoms with Crippen LogP contribution in [0.3, 0.4) is 0 Å². The Kier molecular flexibility index (Phi) is 4.17. The molecule has 16 heavy (non-hydrogen) atoms. The zero-order valence-corrected chi connectivity index (χ0v) is 10.8. The second-order valence-corrected chi connectivity index (χ2v) is 5.08. The van der Waals surface area contributed by atoms with Gasteiger partial charge < -0.3 is 4.74 Å². The Balaban J connectivity index is 2.99. The van der Waals surface area contributed by atoms with Crippen molar-refractivity contribution in [2.45, 2.75) is 46.1 Å². The van der Waals surface area contributed by atoms with Crippen molar-refractivity contribution in [3.63, 3.8) is 0 Å². The molecule has 0 saturated carbocycles. The first-order chi connectivity index (χ1) is 7.44. The van der Waals surface area contributed by atoms with Crippen LogP contribution in [0.1, 0.15) is 45.2 Å². The molecule has 1 rings (SSSR count). The number of benzene rings is 1. The summed E-state index contributed by atoms with van der Waals surface area (Å²) in [5.74, 6) is 0.938. The molecule has 0 heterocycles. The SMILES string of the molecule is C=Cc1cc(CCC)cc(OC(C)(C)C)c1. The molecule has 0 amide bonds. The fraction of sp³-hybridized carbons (Fsp3) is 0.467. The highest BCUT2D eigenvalue weighted by Crippen LogP contribution is 2.23. The molecular weight excluding hydrogens is 196 g/mol. The summed E-state index contributed by atoms with van der Waals surface area (Å²) in [6.45, 7) is 12.2. The number of hydrogen-bond acceptors (Lipinski definition) is 1. The summed E-state index contributed by atoms with van der Waals surface area (Å²) in [4.78, 5) is 0. The van der Waals surface area contributed by atoms with Crippen LogP contribution in [0.4, 0.5) is 0 Å². The van der Waals surface area contributed by atoms with Gasteiger partial charge in [-0.1, -0.05) is 32.1 Å². The molecule has 0 N–H and O–H groups in total. The molecule has 0 aliphatic carbocycles. The third-order valence-corrected chi connectivity index (χ3v) is 2.19. The van der Waals surface area contributed by atoms with Crippen molar-refractivity contribution >= 4 is 6.08 Å². The lowest BCUT2D eigenvalue weighted by molar-refractivity contribution is 0.131. The van der Waals surface area contributed by atoms with E-state index >= 15 is 0 Å². The molecule has 88 valence electrons. The summed E-state index contributed by atoms with van der Waals surface area (Å²) in [7, 11) is 0. The third-order valence-electron chi connectivity index (χ3n) is 2.19. The van der Waals surface area contributed by atoms with Crippen molar-refractivity contribution < 1.29 is 4.74 Å². The Labute approximate surface area is 99.1 Å². The summed E-state index contributed by atoms with van der Waals surface area (Å²) in [6, 6.07) is 6.34. The van der Waals surface area contributed by atoms with E-state index in [1.54, 1.807) is 0 Å². The molecule has 1 aromatic carbocycles. The topological polar surface area (TPSA) is 9.23 Å². The van der Waals surface area contributed by atoms with Crippen LogP contribution < -0.4 is 4.74 Å². The predicted octanol–water partition coefficient (Wildman–Crippen LogP) is 4.46. The Morgan fingerprint density at radius 1 is 1.25 bits per heavy atom. The summed E-state index contributed by atoms with van der Waals surface area (Å²) >= 11 is 0. The molecule has 0 atom stereocenters. The van der Waals surface area contributed by atoms with Gasteiger partial charge in [0, 0.05) is 0 Å². The average Bonchev–Trinajstić information content (AvgIpc) is 2.15. The first-order valence-corrected chi connectivity index (χ1v) is 5.90. The minimum absolute atomic E-state index is 0.150. The van der Waals surface area contributed by atoms with Crippen molar-refractivity contribution in [1.29, 1.82) is 0 Å². The normalized spacial score (nSPS) is 11.2. The van der Waals surface area contributed by atoms with Crippen LogP contribution in [0.5, 0.6) is 5.75 Å². The van der Waals surface area contributed by atoms with Gasteiger partial charge in [0.2, 0.25) is 0 Å². The van der Waals surface area contributed by atoms with Gasteiger partial charge in [0.15, 0.2) is 0 Å². The van der Waals surface area contributed by atoms with E-state index in [0.29, 0.717) is 0 Å². The lowest BCUT2D eigenvalue weighted by Crippen LogP contribution is -2.23. The van der Waals surface area contributed by atoms with E-state index in [1.165, 1.54) is 5.56 Å². The Morgan fingerprint density at radius 3 is 2.44 bits per heavy atom. The molecule has 0 fully saturated rings. The maximum absolute atomic E-state index is 5.88. The van der Waals surface area contributed by atoms with Gasteiger partial charge in [-0.25, -0.2) is 0 Å². The van der Waals surface area contributed by atoms with Crippen molar-refractivity contribution in [2.75, 3.05) is 0 Å². The first kappa shape index (κ1) is 12.8. The molecule has 1 heteroatoms. The molecule has 0 radical (unpaired) electrons. The van der Waals surface area contributed by atoms with E-state index in [4.69, 9.17) is 4.74 Å². The lowest BCUT2D eigenvalue weighted by Gasteiger charge is -2.22. The van der Waals surface area contributed by atoms with Crippen LogP contribution in [0.15, 0.2) is 24.8 Å². The van der Waals surface area contributed by atoms with Crippen molar-refractivity contribution in [1.82, 2.24) is 0 Å². The van der Waals surface area contributed by atoms with Crippen LogP contribution in [0, 0.1) is 0 Å². The summed E-state index contributed by atoms with van der Waals surface area (Å²) in [5.41, 5.74) is 2.30. The van der Waals surface area contributed by atoms with Gasteiger partial charge in [-0.2, -0.15) is 0 Å². The van der Waals surface area contributed by atoms with Crippen LogP contribution in [-0.4, -0.2) is 5.60 Å². The molecule has 0 saturated heterocycles. The van der Waals surface area contributed by atoms with Gasteiger partial charge in [-0.05, 0) is 50.5 Å². The Bertz CT molecular complexity index is 358. The van der Waals surface area contributed by atoms with Gasteiger partial charge >= 0.3 is 0 Å². The van der Waals surface area contributed by atoms with Crippen LogP contribution >= 0.6 is 0 Å². The first-order valence-electron chi connectivity index (χ1n) is 5.90. The minimum atomic E-state index is -0.150. The van der Waals surface area contributed by atoms with Gasteiger partial charge in [-0.15, -0.1) is 0 Å². The zero-order chi connectivity index (χ0) is 12.2. The Morgan fingerprint density at radius 2 is 1.94 bits per heavy atom. The van der Waals surface area contributed by atoms with Crippen molar-refractivity contribution in [3.8, 4) is 5.75 Å². The molecule has 0 aliphatic heterocycles. The van der Waals surface area contributed by atoms with E-state index in [0.717, 1.165) is 24.2 Å². The fourth-order valence-corrected chi connectivity index (χ4v) is 1.65. The summed E-state index contributed by atoms with van der Waals surface area (Å²) in [5, 5.41) is 0. The molecule has 0 spiro atoms. The van der Waals surface area contributed by atoms with E-state index in [2.05, 4.69) is 46.4 Å². The third kappa shape index (κ3) is 4.09. The van der Waals surface area contributed by atoms with E-state index in [9.17, 15) is 0 Å². The highest BCUT2D eigenvalue weighted by Gasteiger charge is 2.12. The molecule has 0 bridgehead atoms. The maximum Gasteiger partial charge on any atom is 0.120 e. The maximum atomic E-state index is 5.88.